The Balaban J connectivity index is 3.68. The molecule has 0 saturated heterocycles. The predicted molar refractivity (Wildman–Crippen MR) is 40.3 cm³/mol. The summed E-state index contributed by atoms with van der Waals surface area (Å²) in [6.45, 7) is 0. The van der Waals surface area contributed by atoms with Crippen LogP contribution in [0.25, 0.3) is 0 Å². The van der Waals surface area contributed by atoms with Crippen LogP contribution in [0.2, 0.25) is 0 Å². The van der Waals surface area contributed by atoms with Gasteiger partial charge in [-0.3, -0.25) is 0 Å². The van der Waals surface area contributed by atoms with Crippen molar-refractivity contribution in [2.45, 2.75) is 18.5 Å². The Bertz CT molecular complexity index is 403. The molecule has 1 aromatic carbocycles. The van der Waals surface area contributed by atoms with Gasteiger partial charge in [0.2, 0.25) is 0 Å². The number of benzene rings is 1. The average molecular weight is 281 g/mol. The molecule has 0 saturated carbocycles. The van der Waals surface area contributed by atoms with Gasteiger partial charge in [0.1, 0.15) is 0 Å². The van der Waals surface area contributed by atoms with Gasteiger partial charge in [0.05, 0.1) is 16.7 Å². The van der Waals surface area contributed by atoms with Crippen LogP contribution >= 0.6 is 0 Å². The Hall–Kier alpha value is -1.41. The average Bonchev–Trinajstić information content (AvgIpc) is 2.12. The summed E-state index contributed by atoms with van der Waals surface area (Å²) in [6.07, 6.45) is -16.9. The molecule has 0 atom stereocenters. The molecule has 18 heavy (non-hydrogen) atoms. The molecule has 0 aliphatic carbocycles. The number of alkyl halides is 9. The van der Waals surface area contributed by atoms with E-state index in [0.717, 1.165) is 6.07 Å². The highest BCUT2D eigenvalue weighted by molar-refractivity contribution is 5.40. The molecule has 9 heteroatoms. The van der Waals surface area contributed by atoms with E-state index in [1.807, 2.05) is 0 Å². The third kappa shape index (κ3) is 2.88. The van der Waals surface area contributed by atoms with Gasteiger partial charge >= 0.3 is 18.5 Å². The van der Waals surface area contributed by atoms with Gasteiger partial charge in [-0.15, -0.1) is 0 Å². The normalized spacial score (nSPS) is 13.8. The molecule has 0 aliphatic rings. The van der Waals surface area contributed by atoms with Gasteiger partial charge < -0.3 is 0 Å². The molecule has 0 N–H and O–H groups in total. The van der Waals surface area contributed by atoms with E-state index in [-0.39, 0.29) is 12.1 Å². The molecule has 1 aromatic rings. The van der Waals surface area contributed by atoms with Gasteiger partial charge in [-0.2, -0.15) is 39.5 Å². The fourth-order valence-corrected chi connectivity index (χ4v) is 1.25. The van der Waals surface area contributed by atoms with Gasteiger partial charge in [-0.1, -0.05) is 6.07 Å². The molecule has 1 radical (unpaired) electrons. The van der Waals surface area contributed by atoms with Crippen molar-refractivity contribution in [3.05, 3.63) is 34.9 Å². The van der Waals surface area contributed by atoms with Crippen molar-refractivity contribution in [3.63, 3.8) is 0 Å². The SMILES string of the molecule is FC(F)(F)c1[c]ccc(C(F)(F)F)c1C(F)(F)F. The van der Waals surface area contributed by atoms with E-state index in [2.05, 4.69) is 0 Å². The first-order valence-corrected chi connectivity index (χ1v) is 4.11. The van der Waals surface area contributed by atoms with Crippen molar-refractivity contribution in [2.24, 2.45) is 0 Å². The van der Waals surface area contributed by atoms with Crippen LogP contribution in [0.3, 0.4) is 0 Å². The first kappa shape index (κ1) is 14.7. The minimum atomic E-state index is -5.78. The van der Waals surface area contributed by atoms with Crippen LogP contribution in [-0.2, 0) is 18.5 Å². The molecule has 0 amide bonds. The van der Waals surface area contributed by atoms with Gasteiger partial charge in [-0.25, -0.2) is 0 Å². The van der Waals surface area contributed by atoms with Crippen LogP contribution in [0.5, 0.6) is 0 Å². The zero-order valence-electron chi connectivity index (χ0n) is 8.06. The molecule has 0 heterocycles. The zero-order chi connectivity index (χ0) is 14.4. The molecular formula is C9H2F9. The lowest BCUT2D eigenvalue weighted by atomic mass is 9.99. The minimum absolute atomic E-state index is 0.0991. The van der Waals surface area contributed by atoms with Gasteiger partial charge in [0.25, 0.3) is 0 Å². The van der Waals surface area contributed by atoms with Crippen LogP contribution < -0.4 is 0 Å². The first-order valence-electron chi connectivity index (χ1n) is 4.11. The molecule has 0 nitrogen and oxygen atoms in total. The summed E-state index contributed by atoms with van der Waals surface area (Å²) < 4.78 is 111. The standard InChI is InChI=1S/C9H2F9/c10-7(11,12)4-2-1-3-5(8(13,14)15)6(4)9(16,17)18/h1-2H. The van der Waals surface area contributed by atoms with Crippen LogP contribution in [0.4, 0.5) is 39.5 Å². The zero-order valence-corrected chi connectivity index (χ0v) is 8.06. The third-order valence-electron chi connectivity index (χ3n) is 1.87. The molecule has 101 valence electrons. The van der Waals surface area contributed by atoms with Crippen molar-refractivity contribution in [1.29, 1.82) is 0 Å². The van der Waals surface area contributed by atoms with Gasteiger partial charge in [-0.05, 0) is 12.1 Å². The maximum atomic E-state index is 12.3. The molecule has 0 bridgehead atoms. The van der Waals surface area contributed by atoms with E-state index in [1.54, 1.807) is 0 Å². The van der Waals surface area contributed by atoms with E-state index in [4.69, 9.17) is 0 Å². The number of halogens is 9. The Kier molecular flexibility index (Phi) is 3.30. The summed E-state index contributed by atoms with van der Waals surface area (Å²) in [5.74, 6) is 0. The van der Waals surface area contributed by atoms with E-state index in [0.29, 0.717) is 0 Å². The van der Waals surface area contributed by atoms with E-state index in [1.165, 1.54) is 0 Å². The fourth-order valence-electron chi connectivity index (χ4n) is 1.25. The second kappa shape index (κ2) is 4.06. The molecule has 0 aromatic heterocycles. The first-order chi connectivity index (χ1) is 7.85. The highest BCUT2D eigenvalue weighted by atomic mass is 19.4. The number of hydrogen-bond acceptors (Lipinski definition) is 0. The topological polar surface area (TPSA) is 0 Å². The molecule has 1 rings (SSSR count). The summed E-state index contributed by atoms with van der Waals surface area (Å²) >= 11 is 0. The minimum Gasteiger partial charge on any atom is -0.166 e. The summed E-state index contributed by atoms with van der Waals surface area (Å²) in [6, 6.07) is 1.21. The Morgan fingerprint density at radius 1 is 0.722 bits per heavy atom. The molecular weight excluding hydrogens is 279 g/mol. The van der Waals surface area contributed by atoms with Crippen LogP contribution in [0.15, 0.2) is 12.1 Å². The summed E-state index contributed by atoms with van der Waals surface area (Å²) in [7, 11) is 0. The number of hydrogen-bond donors (Lipinski definition) is 0. The van der Waals surface area contributed by atoms with E-state index in [9.17, 15) is 39.5 Å². The predicted octanol–water partition coefficient (Wildman–Crippen LogP) is 4.54. The van der Waals surface area contributed by atoms with Crippen molar-refractivity contribution >= 4 is 0 Å². The van der Waals surface area contributed by atoms with Crippen LogP contribution in [-0.4, -0.2) is 0 Å². The summed E-state index contributed by atoms with van der Waals surface area (Å²) in [5, 5.41) is 0. The van der Waals surface area contributed by atoms with Gasteiger partial charge in [0.15, 0.2) is 0 Å². The quantitative estimate of drug-likeness (QED) is 0.612. The van der Waals surface area contributed by atoms with E-state index < -0.39 is 35.2 Å². The van der Waals surface area contributed by atoms with Crippen LogP contribution in [0.1, 0.15) is 16.7 Å². The van der Waals surface area contributed by atoms with Crippen molar-refractivity contribution < 1.29 is 39.5 Å². The second-order valence-corrected chi connectivity index (χ2v) is 3.13. The summed E-state index contributed by atoms with van der Waals surface area (Å²) in [4.78, 5) is 0. The Morgan fingerprint density at radius 3 is 1.56 bits per heavy atom. The lowest BCUT2D eigenvalue weighted by Gasteiger charge is -2.19. The third-order valence-corrected chi connectivity index (χ3v) is 1.87. The molecule has 0 fully saturated rings. The van der Waals surface area contributed by atoms with Gasteiger partial charge in [0, 0.05) is 0 Å². The Morgan fingerprint density at radius 2 is 1.22 bits per heavy atom. The van der Waals surface area contributed by atoms with Crippen molar-refractivity contribution in [3.8, 4) is 0 Å². The highest BCUT2D eigenvalue weighted by Gasteiger charge is 2.49. The maximum Gasteiger partial charge on any atom is 0.417 e. The molecule has 0 spiro atoms. The number of rotatable bonds is 0. The maximum absolute atomic E-state index is 12.3. The highest BCUT2D eigenvalue weighted by Crippen LogP contribution is 2.46. The lowest BCUT2D eigenvalue weighted by molar-refractivity contribution is -0.174. The smallest absolute Gasteiger partial charge is 0.166 e. The van der Waals surface area contributed by atoms with Crippen molar-refractivity contribution in [2.75, 3.05) is 0 Å². The largest absolute Gasteiger partial charge is 0.417 e. The second-order valence-electron chi connectivity index (χ2n) is 3.13. The fraction of sp³-hybridized carbons (Fsp3) is 0.333. The lowest BCUT2D eigenvalue weighted by Crippen LogP contribution is -2.22. The van der Waals surface area contributed by atoms with Crippen LogP contribution in [0, 0.1) is 6.07 Å². The summed E-state index contributed by atoms with van der Waals surface area (Å²) in [5.41, 5.74) is -7.64. The Labute approximate surface area is 94.0 Å². The van der Waals surface area contributed by atoms with E-state index >= 15 is 0 Å². The molecule has 0 aliphatic heterocycles. The monoisotopic (exact) mass is 281 g/mol. The van der Waals surface area contributed by atoms with Crippen molar-refractivity contribution in [1.82, 2.24) is 0 Å². The molecule has 0 unspecified atom stereocenters.